The Labute approximate surface area is 487 Å². The molecule has 5 aliphatic heterocycles. The number of carbonyl (C=O) groups excluding carboxylic acids is 2. The molecule has 0 bridgehead atoms. The zero-order valence-electron chi connectivity index (χ0n) is 48.6. The lowest BCUT2D eigenvalue weighted by Gasteiger charge is -2.58. The van der Waals surface area contributed by atoms with Gasteiger partial charge in [-0.2, -0.15) is 0 Å². The minimum atomic E-state index is -1.90. The molecule has 0 spiro atoms. The number of fused-ring (bicyclic) bond motifs is 5. The number of Topliss-reactive ketones (excluding diaryl/α,β-unsaturated/α-hetero) is 1. The monoisotopic (exact) mass is 1210 g/mol. The first-order valence-electron chi connectivity index (χ1n) is 29.9. The van der Waals surface area contributed by atoms with Crippen molar-refractivity contribution in [3.63, 3.8) is 0 Å². The number of hydrogen-bond acceptors (Lipinski definition) is 27. The van der Waals surface area contributed by atoms with Crippen LogP contribution >= 0.6 is 0 Å². The molecule has 5 heterocycles. The molecule has 5 saturated heterocycles. The van der Waals surface area contributed by atoms with E-state index in [9.17, 15) is 81.1 Å². The third kappa shape index (κ3) is 12.8. The van der Waals surface area contributed by atoms with Crippen molar-refractivity contribution in [3.8, 4) is 0 Å². The Hall–Kier alpha value is -2.08. The molecule has 27 nitrogen and oxygen atoms in total. The molecule has 27 heteroatoms. The highest BCUT2D eigenvalue weighted by Gasteiger charge is 2.64. The van der Waals surface area contributed by atoms with Crippen molar-refractivity contribution in [2.24, 2.45) is 40.4 Å². The molecule has 0 radical (unpaired) electrons. The number of carbonyl (C=O) groups is 2. The molecule has 0 aromatic heterocycles. The molecule has 34 unspecified atom stereocenters. The van der Waals surface area contributed by atoms with Gasteiger partial charge in [-0.15, -0.1) is 0 Å². The first kappa shape index (κ1) is 66.3. The SMILES string of the molecule is CC(=O)C1C(OC(=O)CCC(C)COC2OC(CO)C(O)C(O)C2O)CC2C3CC=C4CC(OC5OC(CO)C(OC6OC(C)C(OC7OC(C)C(O)C(O)C7O)C(O)C6O)C(O)C5OC5OC(C)C(O)C(O)C5O)CCC4(C)C3CCC21C. The topological polar surface area (TPSA) is 419 Å². The first-order chi connectivity index (χ1) is 39.6. The van der Waals surface area contributed by atoms with Crippen LogP contribution in [-0.2, 0) is 61.7 Å². The van der Waals surface area contributed by atoms with Gasteiger partial charge in [0.15, 0.2) is 31.5 Å². The van der Waals surface area contributed by atoms with E-state index in [4.69, 9.17) is 52.1 Å². The Morgan fingerprint density at radius 3 is 1.75 bits per heavy atom. The van der Waals surface area contributed by atoms with Crippen LogP contribution < -0.4 is 0 Å². The number of allylic oxidation sites excluding steroid dienone is 1. The maximum absolute atomic E-state index is 13.6. The molecule has 14 N–H and O–H groups in total. The average molecular weight is 1210 g/mol. The second-order valence-corrected chi connectivity index (χ2v) is 25.9. The highest BCUT2D eigenvalue weighted by molar-refractivity contribution is 5.81. The van der Waals surface area contributed by atoms with E-state index >= 15 is 0 Å². The molecular formula is C57H92O27. The quantitative estimate of drug-likeness (QED) is 0.0471. The summed E-state index contributed by atoms with van der Waals surface area (Å²) in [5.74, 6) is -0.803. The maximum atomic E-state index is 13.6. The minimum Gasteiger partial charge on any atom is -0.462 e. The Morgan fingerprint density at radius 2 is 1.14 bits per heavy atom. The molecule has 0 amide bonds. The summed E-state index contributed by atoms with van der Waals surface area (Å²) in [6.07, 6.45) is -32.2. The lowest BCUT2D eigenvalue weighted by molar-refractivity contribution is -0.394. The number of ether oxygens (including phenoxy) is 11. The zero-order valence-corrected chi connectivity index (χ0v) is 48.6. The molecule has 34 atom stereocenters. The van der Waals surface area contributed by atoms with Crippen molar-refractivity contribution in [3.05, 3.63) is 11.6 Å². The third-order valence-corrected chi connectivity index (χ3v) is 20.4. The molecule has 0 aromatic carbocycles. The fourth-order valence-electron chi connectivity index (χ4n) is 15.4. The van der Waals surface area contributed by atoms with E-state index in [-0.39, 0.29) is 47.9 Å². The fraction of sp³-hybridized carbons (Fsp3) is 0.930. The van der Waals surface area contributed by atoms with Gasteiger partial charge in [0.2, 0.25) is 0 Å². The highest BCUT2D eigenvalue weighted by atomic mass is 16.8. The number of hydrogen-bond donors (Lipinski definition) is 14. The number of aliphatic hydroxyl groups excluding tert-OH is 14. The average Bonchev–Trinajstić information content (AvgIpc) is 1.86. The van der Waals surface area contributed by atoms with Gasteiger partial charge < -0.3 is 124 Å². The van der Waals surface area contributed by atoms with Gasteiger partial charge in [-0.05, 0) is 114 Å². The second kappa shape index (κ2) is 26.8. The van der Waals surface area contributed by atoms with E-state index in [0.29, 0.717) is 38.5 Å². The Balaban J connectivity index is 0.851. The highest BCUT2D eigenvalue weighted by Crippen LogP contribution is 2.67. The predicted molar refractivity (Wildman–Crippen MR) is 282 cm³/mol. The molecule has 4 aliphatic carbocycles. The van der Waals surface area contributed by atoms with Gasteiger partial charge >= 0.3 is 5.97 Å². The molecule has 84 heavy (non-hydrogen) atoms. The number of esters is 1. The van der Waals surface area contributed by atoms with Crippen LogP contribution in [0.15, 0.2) is 11.6 Å². The summed E-state index contributed by atoms with van der Waals surface area (Å²) in [4.78, 5) is 27.2. The Morgan fingerprint density at radius 1 is 0.595 bits per heavy atom. The van der Waals surface area contributed by atoms with E-state index in [1.807, 2.05) is 6.92 Å². The summed E-state index contributed by atoms with van der Waals surface area (Å²) in [5.41, 5.74) is 0.418. The van der Waals surface area contributed by atoms with Crippen LogP contribution in [0.3, 0.4) is 0 Å². The summed E-state index contributed by atoms with van der Waals surface area (Å²) >= 11 is 0. The van der Waals surface area contributed by atoms with Gasteiger partial charge in [0.25, 0.3) is 0 Å². The van der Waals surface area contributed by atoms with Crippen LogP contribution in [0.4, 0.5) is 0 Å². The molecule has 9 rings (SSSR count). The van der Waals surface area contributed by atoms with Crippen molar-refractivity contribution in [1.29, 1.82) is 0 Å². The van der Waals surface area contributed by atoms with Gasteiger partial charge in [0.05, 0.1) is 50.2 Å². The number of rotatable bonds is 18. The zero-order chi connectivity index (χ0) is 61.2. The lowest BCUT2D eigenvalue weighted by atomic mass is 9.47. The third-order valence-electron chi connectivity index (χ3n) is 20.4. The van der Waals surface area contributed by atoms with Crippen molar-refractivity contribution < 1.29 is 133 Å². The van der Waals surface area contributed by atoms with Crippen molar-refractivity contribution >= 4 is 11.8 Å². The number of ketones is 1. The molecule has 482 valence electrons. The standard InChI is InChI=1S/C57H92O27/c1-21(20-74-51-43(69)41(67)38(64)32(18-58)80-51)8-11-34(61)79-31-17-30-28-10-9-26-16-27(12-14-56(26,6)29(28)13-15-57(30,7)35(31)22(2)60)78-55-50(84-53-45(71)40(66)37(63)24(4)76-53)47(73)49(33(19-59)81-55)83-54-46(72)42(68)48(25(5)77-54)82-52-44(70)39(65)36(62)23(3)75-52/h9,21,23-25,27-33,35-55,58-59,62-73H,8,10-20H2,1-7H3. The summed E-state index contributed by atoms with van der Waals surface area (Å²) < 4.78 is 65.8. The Kier molecular flexibility index (Phi) is 21.2. The minimum absolute atomic E-state index is 0.0315. The van der Waals surface area contributed by atoms with Gasteiger partial charge in [0.1, 0.15) is 116 Å². The molecule has 9 aliphatic rings. The van der Waals surface area contributed by atoms with Gasteiger partial charge in [-0.1, -0.05) is 32.4 Å². The summed E-state index contributed by atoms with van der Waals surface area (Å²) in [5, 5.41) is 149. The normalized spacial score (nSPS) is 51.9. The van der Waals surface area contributed by atoms with Crippen LogP contribution in [0.5, 0.6) is 0 Å². The molecule has 8 fully saturated rings. The van der Waals surface area contributed by atoms with E-state index < -0.39 is 196 Å². The molecule has 3 saturated carbocycles. The molecule has 0 aromatic rings. The van der Waals surface area contributed by atoms with Crippen molar-refractivity contribution in [2.45, 2.75) is 272 Å². The van der Waals surface area contributed by atoms with Crippen LogP contribution in [0.2, 0.25) is 0 Å². The van der Waals surface area contributed by atoms with Gasteiger partial charge in [0, 0.05) is 6.42 Å². The van der Waals surface area contributed by atoms with Gasteiger partial charge in [-0.25, -0.2) is 0 Å². The summed E-state index contributed by atoms with van der Waals surface area (Å²) in [6.45, 7) is 10.8. The van der Waals surface area contributed by atoms with Crippen LogP contribution in [0, 0.1) is 40.4 Å². The van der Waals surface area contributed by atoms with Crippen molar-refractivity contribution in [1.82, 2.24) is 0 Å². The number of aliphatic hydroxyl groups is 14. The Bertz CT molecular complexity index is 2250. The summed E-state index contributed by atoms with van der Waals surface area (Å²) in [6, 6.07) is 0. The lowest BCUT2D eigenvalue weighted by Crippen LogP contribution is -2.67. The van der Waals surface area contributed by atoms with E-state index in [0.717, 1.165) is 18.4 Å². The van der Waals surface area contributed by atoms with E-state index in [1.54, 1.807) is 6.92 Å². The van der Waals surface area contributed by atoms with E-state index in [2.05, 4.69) is 19.9 Å². The predicted octanol–water partition coefficient (Wildman–Crippen LogP) is -3.35. The smallest absolute Gasteiger partial charge is 0.306 e. The van der Waals surface area contributed by atoms with Crippen LogP contribution in [0.25, 0.3) is 0 Å². The molecular weight excluding hydrogens is 1120 g/mol. The second-order valence-electron chi connectivity index (χ2n) is 25.9. The fourth-order valence-corrected chi connectivity index (χ4v) is 15.4. The maximum Gasteiger partial charge on any atom is 0.306 e. The van der Waals surface area contributed by atoms with Crippen LogP contribution in [-0.4, -0.2) is 269 Å². The van der Waals surface area contributed by atoms with Crippen molar-refractivity contribution in [2.75, 3.05) is 19.8 Å². The van der Waals surface area contributed by atoms with Gasteiger partial charge in [-0.3, -0.25) is 9.59 Å². The van der Waals surface area contributed by atoms with E-state index in [1.165, 1.54) is 20.8 Å². The largest absolute Gasteiger partial charge is 0.462 e. The first-order valence-corrected chi connectivity index (χ1v) is 29.9. The summed E-state index contributed by atoms with van der Waals surface area (Å²) in [7, 11) is 0. The van der Waals surface area contributed by atoms with Crippen LogP contribution in [0.1, 0.15) is 106 Å².